The Morgan fingerprint density at radius 3 is 2.39 bits per heavy atom. The number of amides is 2. The van der Waals surface area contributed by atoms with E-state index in [1.165, 1.54) is 11.3 Å². The van der Waals surface area contributed by atoms with Crippen LogP contribution in [0.5, 0.6) is 0 Å². The lowest BCUT2D eigenvalue weighted by molar-refractivity contribution is -0.132. The summed E-state index contributed by atoms with van der Waals surface area (Å²) in [5, 5.41) is 7.03. The number of rotatable bonds is 2. The summed E-state index contributed by atoms with van der Waals surface area (Å²) in [6, 6.07) is 7.15. The number of halogens is 1. The molecule has 5 nitrogen and oxygen atoms in total. The Bertz CT molecular complexity index is 554. The Hall–Kier alpha value is -1.48. The fourth-order valence-electron chi connectivity index (χ4n) is 1.16. The molecule has 2 N–H and O–H groups in total. The van der Waals surface area contributed by atoms with Crippen molar-refractivity contribution < 1.29 is 9.59 Å². The number of hydrogen-bond acceptors (Lipinski definition) is 4. The molecule has 0 radical (unpaired) electrons. The van der Waals surface area contributed by atoms with Gasteiger partial charge in [-0.05, 0) is 46.9 Å². The summed E-state index contributed by atoms with van der Waals surface area (Å²) in [5.41, 5.74) is 0.578. The standard InChI is InChI=1S/C11H8IN3O2S/c12-7-1-3-8(4-2-7)14-9(16)10(17)15-11-13-5-6-18-11/h1-6H,(H,14,16)(H,13,15,17). The van der Waals surface area contributed by atoms with Gasteiger partial charge in [-0.1, -0.05) is 0 Å². The van der Waals surface area contributed by atoms with Crippen LogP contribution in [-0.2, 0) is 9.59 Å². The highest BCUT2D eigenvalue weighted by atomic mass is 127. The number of thiazole rings is 1. The Kier molecular flexibility index (Phi) is 4.26. The molecule has 2 rings (SSSR count). The van der Waals surface area contributed by atoms with Crippen molar-refractivity contribution in [1.29, 1.82) is 0 Å². The van der Waals surface area contributed by atoms with E-state index in [9.17, 15) is 9.59 Å². The molecule has 2 aromatic rings. The Balaban J connectivity index is 1.95. The molecule has 0 fully saturated rings. The summed E-state index contributed by atoms with van der Waals surface area (Å²) in [6.07, 6.45) is 1.55. The zero-order valence-electron chi connectivity index (χ0n) is 9.01. The molecule has 0 spiro atoms. The molecule has 0 saturated carbocycles. The molecule has 0 atom stereocenters. The topological polar surface area (TPSA) is 71.1 Å². The van der Waals surface area contributed by atoms with Gasteiger partial charge in [0, 0.05) is 20.8 Å². The first kappa shape index (κ1) is 13.0. The predicted molar refractivity (Wildman–Crippen MR) is 78.5 cm³/mol. The fourth-order valence-corrected chi connectivity index (χ4v) is 2.04. The van der Waals surface area contributed by atoms with E-state index in [0.29, 0.717) is 10.8 Å². The van der Waals surface area contributed by atoms with Gasteiger partial charge in [0.25, 0.3) is 0 Å². The SMILES string of the molecule is O=C(Nc1ccc(I)cc1)C(=O)Nc1nccs1. The highest BCUT2D eigenvalue weighted by molar-refractivity contribution is 14.1. The minimum absolute atomic E-state index is 0.401. The molecular weight excluding hydrogens is 365 g/mol. The third kappa shape index (κ3) is 3.50. The van der Waals surface area contributed by atoms with Gasteiger partial charge in [-0.15, -0.1) is 11.3 Å². The normalized spacial score (nSPS) is 9.83. The number of anilines is 2. The van der Waals surface area contributed by atoms with E-state index in [1.807, 2.05) is 12.1 Å². The van der Waals surface area contributed by atoms with Crippen LogP contribution >= 0.6 is 33.9 Å². The fraction of sp³-hybridized carbons (Fsp3) is 0. The number of aromatic nitrogens is 1. The van der Waals surface area contributed by atoms with Gasteiger partial charge in [-0.3, -0.25) is 14.9 Å². The molecule has 0 aliphatic rings. The molecule has 0 unspecified atom stereocenters. The predicted octanol–water partition coefficient (Wildman–Crippen LogP) is 2.32. The maximum Gasteiger partial charge on any atom is 0.315 e. The summed E-state index contributed by atoms with van der Waals surface area (Å²) < 4.78 is 1.05. The van der Waals surface area contributed by atoms with Crippen LogP contribution in [0.1, 0.15) is 0 Å². The molecule has 1 heterocycles. The summed E-state index contributed by atoms with van der Waals surface area (Å²) in [4.78, 5) is 27.0. The second-order valence-corrected chi connectivity index (χ2v) is 5.39. The first-order chi connectivity index (χ1) is 8.65. The van der Waals surface area contributed by atoms with Crippen LogP contribution < -0.4 is 10.6 Å². The molecule has 92 valence electrons. The van der Waals surface area contributed by atoms with Crippen LogP contribution in [0.25, 0.3) is 0 Å². The molecule has 0 saturated heterocycles. The number of nitrogens with one attached hydrogen (secondary N) is 2. The monoisotopic (exact) mass is 373 g/mol. The van der Waals surface area contributed by atoms with Crippen molar-refractivity contribution in [2.75, 3.05) is 10.6 Å². The van der Waals surface area contributed by atoms with Crippen molar-refractivity contribution >= 4 is 56.6 Å². The van der Waals surface area contributed by atoms with Gasteiger partial charge in [0.15, 0.2) is 5.13 Å². The molecule has 0 aliphatic heterocycles. The summed E-state index contributed by atoms with van der Waals surface area (Å²) in [5.74, 6) is -1.45. The maximum absolute atomic E-state index is 11.6. The first-order valence-electron chi connectivity index (χ1n) is 4.92. The van der Waals surface area contributed by atoms with E-state index in [2.05, 4.69) is 38.2 Å². The average molecular weight is 373 g/mol. The van der Waals surface area contributed by atoms with Gasteiger partial charge in [-0.25, -0.2) is 4.98 Å². The molecule has 7 heteroatoms. The quantitative estimate of drug-likeness (QED) is 0.627. The van der Waals surface area contributed by atoms with Crippen LogP contribution in [0.3, 0.4) is 0 Å². The van der Waals surface area contributed by atoms with Gasteiger partial charge in [0.1, 0.15) is 0 Å². The number of carbonyl (C=O) groups is 2. The number of hydrogen-bond donors (Lipinski definition) is 2. The van der Waals surface area contributed by atoms with E-state index in [4.69, 9.17) is 0 Å². The van der Waals surface area contributed by atoms with E-state index < -0.39 is 11.8 Å². The van der Waals surface area contributed by atoms with Crippen LogP contribution in [0, 0.1) is 3.57 Å². The van der Waals surface area contributed by atoms with Crippen molar-refractivity contribution in [3.05, 3.63) is 39.4 Å². The number of nitrogens with zero attached hydrogens (tertiary/aromatic N) is 1. The number of benzene rings is 1. The van der Waals surface area contributed by atoms with E-state index in [0.717, 1.165) is 3.57 Å². The second kappa shape index (κ2) is 5.91. The van der Waals surface area contributed by atoms with Crippen molar-refractivity contribution in [1.82, 2.24) is 4.98 Å². The third-order valence-electron chi connectivity index (χ3n) is 1.96. The molecule has 0 aliphatic carbocycles. The van der Waals surface area contributed by atoms with Crippen molar-refractivity contribution in [3.63, 3.8) is 0 Å². The van der Waals surface area contributed by atoms with Gasteiger partial charge >= 0.3 is 11.8 Å². The minimum atomic E-state index is -0.733. The van der Waals surface area contributed by atoms with Crippen molar-refractivity contribution in [3.8, 4) is 0 Å². The van der Waals surface area contributed by atoms with Gasteiger partial charge in [-0.2, -0.15) is 0 Å². The highest BCUT2D eigenvalue weighted by Gasteiger charge is 2.14. The summed E-state index contributed by atoms with van der Waals surface area (Å²) >= 11 is 3.41. The second-order valence-electron chi connectivity index (χ2n) is 3.25. The zero-order valence-corrected chi connectivity index (χ0v) is 12.0. The van der Waals surface area contributed by atoms with Gasteiger partial charge < -0.3 is 5.32 Å². The third-order valence-corrected chi connectivity index (χ3v) is 3.37. The molecular formula is C11H8IN3O2S. The van der Waals surface area contributed by atoms with Crippen LogP contribution in [0.15, 0.2) is 35.8 Å². The Morgan fingerprint density at radius 2 is 1.78 bits per heavy atom. The van der Waals surface area contributed by atoms with Crippen LogP contribution in [0.4, 0.5) is 10.8 Å². The zero-order chi connectivity index (χ0) is 13.0. The first-order valence-corrected chi connectivity index (χ1v) is 6.88. The van der Waals surface area contributed by atoms with Crippen LogP contribution in [0.2, 0.25) is 0 Å². The van der Waals surface area contributed by atoms with Crippen molar-refractivity contribution in [2.24, 2.45) is 0 Å². The van der Waals surface area contributed by atoms with Crippen molar-refractivity contribution in [2.45, 2.75) is 0 Å². The lowest BCUT2D eigenvalue weighted by Crippen LogP contribution is -2.28. The van der Waals surface area contributed by atoms with E-state index >= 15 is 0 Å². The Morgan fingerprint density at radius 1 is 1.11 bits per heavy atom. The minimum Gasteiger partial charge on any atom is -0.318 e. The molecule has 2 amide bonds. The smallest absolute Gasteiger partial charge is 0.315 e. The Labute approximate surface area is 121 Å². The summed E-state index contributed by atoms with van der Waals surface area (Å²) in [7, 11) is 0. The van der Waals surface area contributed by atoms with Gasteiger partial charge in [0.05, 0.1) is 0 Å². The summed E-state index contributed by atoms with van der Waals surface area (Å²) in [6.45, 7) is 0. The lowest BCUT2D eigenvalue weighted by atomic mass is 10.3. The maximum atomic E-state index is 11.6. The number of carbonyl (C=O) groups excluding carboxylic acids is 2. The average Bonchev–Trinajstić information content (AvgIpc) is 2.85. The largest absolute Gasteiger partial charge is 0.318 e. The lowest BCUT2D eigenvalue weighted by Gasteiger charge is -2.04. The molecule has 0 bridgehead atoms. The highest BCUT2D eigenvalue weighted by Crippen LogP contribution is 2.12. The van der Waals surface area contributed by atoms with E-state index in [-0.39, 0.29) is 0 Å². The molecule has 1 aromatic carbocycles. The van der Waals surface area contributed by atoms with Gasteiger partial charge in [0.2, 0.25) is 0 Å². The van der Waals surface area contributed by atoms with E-state index in [1.54, 1.807) is 23.7 Å². The molecule has 1 aromatic heterocycles. The van der Waals surface area contributed by atoms with Crippen LogP contribution in [-0.4, -0.2) is 16.8 Å². The molecule has 18 heavy (non-hydrogen) atoms.